The Bertz CT molecular complexity index is 1100. The molecular weight excluding hydrogens is 372 g/mol. The molecule has 0 radical (unpaired) electrons. The van der Waals surface area contributed by atoms with Crippen LogP contribution in [0.5, 0.6) is 0 Å². The number of nitrogens with zero attached hydrogens (tertiary/aromatic N) is 4. The van der Waals surface area contributed by atoms with Crippen LogP contribution in [0.15, 0.2) is 58.1 Å². The van der Waals surface area contributed by atoms with Crippen LogP contribution in [-0.4, -0.2) is 36.4 Å². The van der Waals surface area contributed by atoms with Crippen molar-refractivity contribution in [2.24, 2.45) is 0 Å². The highest BCUT2D eigenvalue weighted by atomic mass is 32.2. The first-order valence-electron chi connectivity index (χ1n) is 7.56. The van der Waals surface area contributed by atoms with E-state index in [1.165, 1.54) is 17.5 Å². The van der Waals surface area contributed by atoms with Gasteiger partial charge in [-0.1, -0.05) is 30.0 Å². The number of para-hydroxylation sites is 1. The van der Waals surface area contributed by atoms with Gasteiger partial charge in [-0.2, -0.15) is 5.10 Å². The van der Waals surface area contributed by atoms with E-state index in [-0.39, 0.29) is 17.2 Å². The Balaban J connectivity index is 1.58. The fourth-order valence-corrected chi connectivity index (χ4v) is 3.50. The summed E-state index contributed by atoms with van der Waals surface area (Å²) >= 11 is 2.48. The Morgan fingerprint density at radius 2 is 2.15 bits per heavy atom. The lowest BCUT2D eigenvalue weighted by Gasteiger charge is -2.04. The van der Waals surface area contributed by atoms with Gasteiger partial charge in [0.05, 0.1) is 17.6 Å². The van der Waals surface area contributed by atoms with Crippen LogP contribution in [-0.2, 0) is 4.79 Å². The number of thiazole rings is 1. The minimum Gasteiger partial charge on any atom is -0.301 e. The van der Waals surface area contributed by atoms with Crippen LogP contribution in [0, 0.1) is 0 Å². The quantitative estimate of drug-likeness (QED) is 0.404. The van der Waals surface area contributed by atoms with E-state index in [1.54, 1.807) is 16.3 Å². The number of hydrogen-bond acceptors (Lipinski definition) is 7. The molecule has 0 aliphatic heterocycles. The van der Waals surface area contributed by atoms with Crippen LogP contribution in [0.4, 0.5) is 5.13 Å². The van der Waals surface area contributed by atoms with Gasteiger partial charge in [-0.25, -0.2) is 14.6 Å². The Labute approximate surface area is 155 Å². The van der Waals surface area contributed by atoms with Crippen LogP contribution in [0.25, 0.3) is 16.7 Å². The van der Waals surface area contributed by atoms with Gasteiger partial charge in [0, 0.05) is 11.6 Å². The molecule has 2 N–H and O–H groups in total. The van der Waals surface area contributed by atoms with Crippen LogP contribution in [0.1, 0.15) is 0 Å². The minimum absolute atomic E-state index is 0.105. The molecule has 0 saturated heterocycles. The van der Waals surface area contributed by atoms with E-state index in [1.807, 2.05) is 30.3 Å². The third-order valence-electron chi connectivity index (χ3n) is 3.44. The molecule has 0 atom stereocenters. The molecule has 130 valence electrons. The van der Waals surface area contributed by atoms with Crippen molar-refractivity contribution in [3.8, 4) is 5.69 Å². The summed E-state index contributed by atoms with van der Waals surface area (Å²) in [5.74, 6) is -0.114. The molecule has 3 aromatic heterocycles. The van der Waals surface area contributed by atoms with Gasteiger partial charge in [-0.15, -0.1) is 11.3 Å². The number of thioether (sulfide) groups is 1. The highest BCUT2D eigenvalue weighted by Crippen LogP contribution is 2.18. The zero-order valence-electron chi connectivity index (χ0n) is 13.2. The number of aromatic nitrogens is 5. The first-order chi connectivity index (χ1) is 12.7. The molecule has 4 rings (SSSR count). The van der Waals surface area contributed by atoms with Gasteiger partial charge in [-0.05, 0) is 12.1 Å². The summed E-state index contributed by atoms with van der Waals surface area (Å²) in [4.78, 5) is 35.4. The number of H-pyrrole nitrogens is 1. The molecular formula is C16H12N6O2S2. The maximum absolute atomic E-state index is 12.3. The number of hydrogen-bond donors (Lipinski definition) is 2. The van der Waals surface area contributed by atoms with Gasteiger partial charge in [0.1, 0.15) is 5.39 Å². The molecule has 0 fully saturated rings. The van der Waals surface area contributed by atoms with Crippen molar-refractivity contribution >= 4 is 45.2 Å². The van der Waals surface area contributed by atoms with Gasteiger partial charge in [0.2, 0.25) is 5.91 Å². The van der Waals surface area contributed by atoms with Crippen molar-refractivity contribution in [2.45, 2.75) is 5.16 Å². The highest BCUT2D eigenvalue weighted by molar-refractivity contribution is 7.99. The molecule has 4 aromatic rings. The number of amides is 1. The fourth-order valence-electron chi connectivity index (χ4n) is 2.30. The summed E-state index contributed by atoms with van der Waals surface area (Å²) < 4.78 is 1.60. The molecule has 0 spiro atoms. The molecule has 0 bridgehead atoms. The normalized spacial score (nSPS) is 10.9. The summed E-state index contributed by atoms with van der Waals surface area (Å²) in [5.41, 5.74) is 0.959. The average molecular weight is 384 g/mol. The molecule has 1 aromatic carbocycles. The molecule has 3 heterocycles. The topological polar surface area (TPSA) is 106 Å². The summed E-state index contributed by atoms with van der Waals surface area (Å²) in [6.45, 7) is 0. The highest BCUT2D eigenvalue weighted by Gasteiger charge is 2.13. The predicted molar refractivity (Wildman–Crippen MR) is 101 cm³/mol. The van der Waals surface area contributed by atoms with Gasteiger partial charge in [0.25, 0.3) is 5.56 Å². The van der Waals surface area contributed by atoms with Crippen molar-refractivity contribution in [3.63, 3.8) is 0 Å². The zero-order chi connectivity index (χ0) is 17.9. The van der Waals surface area contributed by atoms with Crippen molar-refractivity contribution in [1.82, 2.24) is 24.7 Å². The third kappa shape index (κ3) is 3.37. The van der Waals surface area contributed by atoms with E-state index >= 15 is 0 Å². The number of carbonyl (C=O) groups is 1. The molecule has 8 nitrogen and oxygen atoms in total. The lowest BCUT2D eigenvalue weighted by atomic mass is 10.3. The molecule has 0 aliphatic carbocycles. The van der Waals surface area contributed by atoms with E-state index < -0.39 is 0 Å². The Kier molecular flexibility index (Phi) is 4.50. The van der Waals surface area contributed by atoms with Gasteiger partial charge in [-0.3, -0.25) is 9.59 Å². The minimum atomic E-state index is -0.292. The first kappa shape index (κ1) is 16.5. The molecule has 26 heavy (non-hydrogen) atoms. The first-order valence-corrected chi connectivity index (χ1v) is 9.43. The molecule has 0 unspecified atom stereocenters. The lowest BCUT2D eigenvalue weighted by Crippen LogP contribution is -2.15. The maximum Gasteiger partial charge on any atom is 0.262 e. The summed E-state index contributed by atoms with van der Waals surface area (Å²) in [6.07, 6.45) is 3.10. The molecule has 1 amide bonds. The van der Waals surface area contributed by atoms with Crippen molar-refractivity contribution in [1.29, 1.82) is 0 Å². The lowest BCUT2D eigenvalue weighted by molar-refractivity contribution is -0.113. The van der Waals surface area contributed by atoms with E-state index in [9.17, 15) is 9.59 Å². The van der Waals surface area contributed by atoms with Gasteiger partial charge in [0.15, 0.2) is 15.9 Å². The van der Waals surface area contributed by atoms with Crippen molar-refractivity contribution in [2.75, 3.05) is 11.1 Å². The van der Waals surface area contributed by atoms with Crippen LogP contribution < -0.4 is 10.9 Å². The van der Waals surface area contributed by atoms with E-state index in [2.05, 4.69) is 25.4 Å². The van der Waals surface area contributed by atoms with Crippen LogP contribution in [0.3, 0.4) is 0 Å². The Morgan fingerprint density at radius 1 is 1.31 bits per heavy atom. The number of anilines is 1. The van der Waals surface area contributed by atoms with Gasteiger partial charge >= 0.3 is 0 Å². The summed E-state index contributed by atoms with van der Waals surface area (Å²) in [6, 6.07) is 9.42. The number of rotatable bonds is 5. The van der Waals surface area contributed by atoms with E-state index in [0.717, 1.165) is 17.4 Å². The second-order valence-electron chi connectivity index (χ2n) is 5.17. The zero-order valence-corrected chi connectivity index (χ0v) is 14.9. The molecule has 0 saturated carbocycles. The van der Waals surface area contributed by atoms with Crippen LogP contribution in [0.2, 0.25) is 0 Å². The van der Waals surface area contributed by atoms with E-state index in [0.29, 0.717) is 21.3 Å². The van der Waals surface area contributed by atoms with Gasteiger partial charge < -0.3 is 10.3 Å². The van der Waals surface area contributed by atoms with Crippen LogP contribution >= 0.6 is 23.1 Å². The molecule has 0 aliphatic rings. The number of carbonyl (C=O) groups excluding carboxylic acids is 1. The monoisotopic (exact) mass is 384 g/mol. The van der Waals surface area contributed by atoms with Crippen molar-refractivity contribution < 1.29 is 4.79 Å². The second-order valence-corrected chi connectivity index (χ2v) is 7.03. The smallest absolute Gasteiger partial charge is 0.262 e. The predicted octanol–water partition coefficient (Wildman–Crippen LogP) is 2.30. The third-order valence-corrected chi connectivity index (χ3v) is 5.00. The number of nitrogens with one attached hydrogen (secondary N) is 2. The number of aromatic amines is 1. The average Bonchev–Trinajstić information content (AvgIpc) is 3.30. The number of benzene rings is 1. The molecule has 10 heteroatoms. The Morgan fingerprint density at radius 3 is 2.92 bits per heavy atom. The maximum atomic E-state index is 12.3. The number of fused-ring (bicyclic) bond motifs is 1. The summed E-state index contributed by atoms with van der Waals surface area (Å²) in [5, 5.41) is 10.0. The van der Waals surface area contributed by atoms with E-state index in [4.69, 9.17) is 0 Å². The SMILES string of the molecule is O=C(CSc1nc2c(cnn2-c2ccccc2)c(=O)[nH]1)Nc1nccs1. The largest absolute Gasteiger partial charge is 0.301 e. The Hall–Kier alpha value is -2.98. The second kappa shape index (κ2) is 7.10. The fraction of sp³-hybridized carbons (Fsp3) is 0.0625. The summed E-state index contributed by atoms with van der Waals surface area (Å²) in [7, 11) is 0. The standard InChI is InChI=1S/C16H12N6O2S2/c23-12(19-15-17-6-7-25-15)9-26-16-20-13-11(14(24)21-16)8-18-22(13)10-4-2-1-3-5-10/h1-8H,9H2,(H,17,19,23)(H,20,21,24). The van der Waals surface area contributed by atoms with Crippen molar-refractivity contribution in [3.05, 3.63) is 58.5 Å².